The van der Waals surface area contributed by atoms with Gasteiger partial charge in [-0.15, -0.1) is 0 Å². The van der Waals surface area contributed by atoms with E-state index in [2.05, 4.69) is 4.98 Å². The van der Waals surface area contributed by atoms with Crippen molar-refractivity contribution in [1.29, 1.82) is 0 Å². The SMILES string of the molecule is Cc1cc(=O)oc2cc(OCc3cn4ccccc4n3)c(Cl)cc12. The second-order valence-electron chi connectivity index (χ2n) is 5.51. The van der Waals surface area contributed by atoms with E-state index in [0.717, 1.165) is 22.3 Å². The second-order valence-corrected chi connectivity index (χ2v) is 5.92. The fraction of sp³-hybridized carbons (Fsp3) is 0.111. The van der Waals surface area contributed by atoms with Crippen LogP contribution in [-0.2, 0) is 6.61 Å². The summed E-state index contributed by atoms with van der Waals surface area (Å²) in [4.78, 5) is 16.0. The van der Waals surface area contributed by atoms with Crippen LogP contribution in [0.5, 0.6) is 5.75 Å². The van der Waals surface area contributed by atoms with Gasteiger partial charge in [-0.3, -0.25) is 0 Å². The number of pyridine rings is 1. The molecule has 0 atom stereocenters. The molecule has 4 rings (SSSR count). The van der Waals surface area contributed by atoms with Gasteiger partial charge in [0, 0.05) is 29.9 Å². The topological polar surface area (TPSA) is 56.7 Å². The number of aryl methyl sites for hydroxylation is 1. The van der Waals surface area contributed by atoms with Crippen molar-refractivity contribution in [3.05, 3.63) is 75.5 Å². The minimum atomic E-state index is -0.395. The van der Waals surface area contributed by atoms with Crippen LogP contribution in [0.15, 0.2) is 58.0 Å². The first-order valence-corrected chi connectivity index (χ1v) is 7.77. The third kappa shape index (κ3) is 2.63. The van der Waals surface area contributed by atoms with Gasteiger partial charge in [0.15, 0.2) is 0 Å². The summed E-state index contributed by atoms with van der Waals surface area (Å²) in [5.74, 6) is 0.454. The zero-order valence-corrected chi connectivity index (χ0v) is 13.6. The van der Waals surface area contributed by atoms with E-state index in [1.165, 1.54) is 6.07 Å². The first kappa shape index (κ1) is 14.8. The molecule has 0 unspecified atom stereocenters. The Labute approximate surface area is 142 Å². The fourth-order valence-electron chi connectivity index (χ4n) is 2.64. The van der Waals surface area contributed by atoms with Crippen LogP contribution in [0.3, 0.4) is 0 Å². The number of aromatic nitrogens is 2. The van der Waals surface area contributed by atoms with Crippen LogP contribution >= 0.6 is 11.6 Å². The Morgan fingerprint density at radius 1 is 1.29 bits per heavy atom. The number of fused-ring (bicyclic) bond motifs is 2. The van der Waals surface area contributed by atoms with Gasteiger partial charge in [0.25, 0.3) is 0 Å². The zero-order chi connectivity index (χ0) is 16.7. The molecule has 0 radical (unpaired) electrons. The van der Waals surface area contributed by atoms with E-state index in [4.69, 9.17) is 20.8 Å². The number of imidazole rings is 1. The summed E-state index contributed by atoms with van der Waals surface area (Å²) in [5, 5.41) is 1.25. The van der Waals surface area contributed by atoms with Gasteiger partial charge in [-0.2, -0.15) is 0 Å². The summed E-state index contributed by atoms with van der Waals surface area (Å²) >= 11 is 6.29. The Balaban J connectivity index is 1.66. The molecule has 0 amide bonds. The molecule has 120 valence electrons. The Hall–Kier alpha value is -2.79. The molecule has 0 aliphatic heterocycles. The van der Waals surface area contributed by atoms with Crippen LogP contribution < -0.4 is 10.4 Å². The normalized spacial score (nSPS) is 11.2. The number of ether oxygens (including phenoxy) is 1. The van der Waals surface area contributed by atoms with Gasteiger partial charge in [-0.25, -0.2) is 9.78 Å². The first-order chi connectivity index (χ1) is 11.6. The molecule has 0 bridgehead atoms. The smallest absolute Gasteiger partial charge is 0.336 e. The van der Waals surface area contributed by atoms with Crippen molar-refractivity contribution in [2.45, 2.75) is 13.5 Å². The minimum absolute atomic E-state index is 0.267. The van der Waals surface area contributed by atoms with Crippen LogP contribution in [0.2, 0.25) is 5.02 Å². The lowest BCUT2D eigenvalue weighted by Gasteiger charge is -2.08. The number of hydrogen-bond acceptors (Lipinski definition) is 4. The van der Waals surface area contributed by atoms with E-state index >= 15 is 0 Å². The molecule has 0 saturated heterocycles. The molecule has 0 fully saturated rings. The lowest BCUT2D eigenvalue weighted by molar-refractivity contribution is 0.302. The maximum atomic E-state index is 11.5. The summed E-state index contributed by atoms with van der Waals surface area (Å²) in [6, 6.07) is 10.6. The van der Waals surface area contributed by atoms with Crippen molar-refractivity contribution in [2.75, 3.05) is 0 Å². The number of rotatable bonds is 3. The molecule has 1 aromatic carbocycles. The monoisotopic (exact) mass is 340 g/mol. The molecule has 0 aliphatic carbocycles. The van der Waals surface area contributed by atoms with Crippen molar-refractivity contribution >= 4 is 28.2 Å². The van der Waals surface area contributed by atoms with Crippen molar-refractivity contribution in [3.8, 4) is 5.75 Å². The highest BCUT2D eigenvalue weighted by Gasteiger charge is 2.10. The van der Waals surface area contributed by atoms with Crippen molar-refractivity contribution < 1.29 is 9.15 Å². The van der Waals surface area contributed by atoms with E-state index in [1.54, 1.807) is 12.1 Å². The largest absolute Gasteiger partial charge is 0.486 e. The minimum Gasteiger partial charge on any atom is -0.486 e. The predicted octanol–water partition coefficient (Wildman–Crippen LogP) is 3.98. The fourth-order valence-corrected chi connectivity index (χ4v) is 2.86. The van der Waals surface area contributed by atoms with Crippen molar-refractivity contribution in [1.82, 2.24) is 9.38 Å². The number of halogens is 1. The molecule has 3 heterocycles. The summed E-state index contributed by atoms with van der Waals surface area (Å²) in [7, 11) is 0. The van der Waals surface area contributed by atoms with E-state index in [1.807, 2.05) is 41.9 Å². The first-order valence-electron chi connectivity index (χ1n) is 7.39. The summed E-state index contributed by atoms with van der Waals surface area (Å²) in [6.07, 6.45) is 3.82. The van der Waals surface area contributed by atoms with Crippen LogP contribution in [0.25, 0.3) is 16.6 Å². The average Bonchev–Trinajstić information content (AvgIpc) is 2.96. The molecule has 0 saturated carbocycles. The number of hydrogen-bond donors (Lipinski definition) is 0. The summed E-state index contributed by atoms with van der Waals surface area (Å²) in [5.41, 5.74) is 2.50. The molecule has 0 spiro atoms. The van der Waals surface area contributed by atoms with Gasteiger partial charge >= 0.3 is 5.63 Å². The highest BCUT2D eigenvalue weighted by molar-refractivity contribution is 6.32. The Bertz CT molecular complexity index is 1080. The molecular weight excluding hydrogens is 328 g/mol. The Morgan fingerprint density at radius 2 is 2.17 bits per heavy atom. The molecule has 0 aliphatic rings. The quantitative estimate of drug-likeness (QED) is 0.529. The average molecular weight is 341 g/mol. The highest BCUT2D eigenvalue weighted by Crippen LogP contribution is 2.31. The van der Waals surface area contributed by atoms with E-state index in [-0.39, 0.29) is 6.61 Å². The van der Waals surface area contributed by atoms with E-state index < -0.39 is 5.63 Å². The third-order valence-electron chi connectivity index (χ3n) is 3.79. The molecule has 4 aromatic rings. The van der Waals surface area contributed by atoms with Crippen molar-refractivity contribution in [3.63, 3.8) is 0 Å². The van der Waals surface area contributed by atoms with E-state index in [0.29, 0.717) is 16.4 Å². The Morgan fingerprint density at radius 3 is 3.00 bits per heavy atom. The molecular formula is C18H13ClN2O3. The van der Waals surface area contributed by atoms with Gasteiger partial charge in [0.05, 0.1) is 10.7 Å². The second kappa shape index (κ2) is 5.69. The van der Waals surface area contributed by atoms with Gasteiger partial charge in [0.1, 0.15) is 23.6 Å². The molecule has 5 nitrogen and oxygen atoms in total. The number of benzene rings is 1. The molecule has 6 heteroatoms. The maximum absolute atomic E-state index is 11.5. The molecule has 24 heavy (non-hydrogen) atoms. The molecule has 0 N–H and O–H groups in total. The third-order valence-corrected chi connectivity index (χ3v) is 4.09. The van der Waals surface area contributed by atoms with Crippen LogP contribution in [-0.4, -0.2) is 9.38 Å². The predicted molar refractivity (Wildman–Crippen MR) is 91.8 cm³/mol. The van der Waals surface area contributed by atoms with Gasteiger partial charge in [-0.05, 0) is 30.7 Å². The summed E-state index contributed by atoms with van der Waals surface area (Å²) in [6.45, 7) is 2.11. The van der Waals surface area contributed by atoms with Crippen molar-refractivity contribution in [2.24, 2.45) is 0 Å². The van der Waals surface area contributed by atoms with Crippen LogP contribution in [0.1, 0.15) is 11.3 Å². The highest BCUT2D eigenvalue weighted by atomic mass is 35.5. The zero-order valence-electron chi connectivity index (χ0n) is 12.8. The lowest BCUT2D eigenvalue weighted by Crippen LogP contribution is -2.00. The van der Waals surface area contributed by atoms with Crippen LogP contribution in [0, 0.1) is 6.92 Å². The summed E-state index contributed by atoms with van der Waals surface area (Å²) < 4.78 is 12.9. The van der Waals surface area contributed by atoms with E-state index in [9.17, 15) is 4.79 Å². The lowest BCUT2D eigenvalue weighted by atomic mass is 10.1. The molecule has 3 aromatic heterocycles. The maximum Gasteiger partial charge on any atom is 0.336 e. The number of nitrogens with zero attached hydrogens (tertiary/aromatic N) is 2. The van der Waals surface area contributed by atoms with Gasteiger partial charge in [-0.1, -0.05) is 17.7 Å². The Kier molecular flexibility index (Phi) is 3.50. The standard InChI is InChI=1S/C18H13ClN2O3/c1-11-6-18(22)24-15-8-16(14(19)7-13(11)15)23-10-12-9-21-5-3-2-4-17(21)20-12/h2-9H,10H2,1H3. The van der Waals surface area contributed by atoms with Crippen LogP contribution in [0.4, 0.5) is 0 Å². The van der Waals surface area contributed by atoms with Gasteiger partial charge in [0.2, 0.25) is 0 Å². The van der Waals surface area contributed by atoms with Gasteiger partial charge < -0.3 is 13.6 Å².